The first kappa shape index (κ1) is 14.9. The van der Waals surface area contributed by atoms with Crippen LogP contribution in [0.5, 0.6) is 5.75 Å². The van der Waals surface area contributed by atoms with Crippen LogP contribution in [0.3, 0.4) is 0 Å². The Morgan fingerprint density at radius 2 is 1.95 bits per heavy atom. The zero-order valence-corrected chi connectivity index (χ0v) is 12.1. The molecule has 0 saturated heterocycles. The maximum atomic E-state index is 12.0. The van der Waals surface area contributed by atoms with Crippen LogP contribution < -0.4 is 9.61 Å². The van der Waals surface area contributed by atoms with E-state index in [4.69, 9.17) is 20.9 Å². The molecule has 2 rings (SSSR count). The largest absolute Gasteiger partial charge is 0.481 e. The minimum Gasteiger partial charge on any atom is -0.481 e. The van der Waals surface area contributed by atoms with Crippen molar-refractivity contribution in [3.63, 3.8) is 0 Å². The number of benzene rings is 2. The van der Waals surface area contributed by atoms with Gasteiger partial charge in [-0.15, -0.1) is 0 Å². The Hall–Kier alpha value is -1.55. The van der Waals surface area contributed by atoms with Crippen molar-refractivity contribution in [2.45, 2.75) is 6.42 Å². The summed E-state index contributed by atoms with van der Waals surface area (Å²) in [7, 11) is 0. The Morgan fingerprint density at radius 3 is 2.70 bits per heavy atom. The normalized spacial score (nSPS) is 13.8. The van der Waals surface area contributed by atoms with Gasteiger partial charge in [-0.1, -0.05) is 36.4 Å². The molecule has 2 aromatic carbocycles. The molecule has 0 aliphatic rings. The van der Waals surface area contributed by atoms with E-state index in [0.717, 1.165) is 10.8 Å². The number of carboxylic acid groups (broad SMARTS) is 1. The maximum Gasteiger partial charge on any atom is 0.409 e. The summed E-state index contributed by atoms with van der Waals surface area (Å²) < 4.78 is 17.4. The highest BCUT2D eigenvalue weighted by molar-refractivity contribution is 7.84. The number of hydrogen-bond donors (Lipinski definition) is 2. The number of nitrogens with one attached hydrogen (secondary N) is 1. The van der Waals surface area contributed by atoms with E-state index in [-0.39, 0.29) is 13.0 Å². The second-order valence-electron chi connectivity index (χ2n) is 4.10. The predicted octanol–water partition coefficient (Wildman–Crippen LogP) is 3.63. The number of aliphatic carboxylic acids is 1. The van der Waals surface area contributed by atoms with Crippen LogP contribution >= 0.6 is 18.1 Å². The Kier molecular flexibility index (Phi) is 4.65. The summed E-state index contributed by atoms with van der Waals surface area (Å²) in [4.78, 5) is 10.4. The Labute approximate surface area is 120 Å². The molecule has 0 bridgehead atoms. The van der Waals surface area contributed by atoms with E-state index >= 15 is 0 Å². The van der Waals surface area contributed by atoms with Crippen molar-refractivity contribution >= 4 is 34.9 Å². The molecule has 0 spiro atoms. The van der Waals surface area contributed by atoms with Crippen molar-refractivity contribution in [1.82, 2.24) is 5.09 Å². The summed E-state index contributed by atoms with van der Waals surface area (Å²) in [6.07, 6.45) is -0.185. The fraction of sp³-hybridized carbons (Fsp3) is 0.154. The summed E-state index contributed by atoms with van der Waals surface area (Å²) in [5.74, 6) is -0.608. The highest BCUT2D eigenvalue weighted by atomic mass is 35.7. The Morgan fingerprint density at radius 1 is 1.25 bits per heavy atom. The third-order valence-electron chi connectivity index (χ3n) is 2.60. The molecule has 2 aromatic rings. The van der Waals surface area contributed by atoms with Crippen molar-refractivity contribution in [1.29, 1.82) is 0 Å². The van der Waals surface area contributed by atoms with Crippen LogP contribution in [0.15, 0.2) is 42.5 Å². The van der Waals surface area contributed by atoms with Gasteiger partial charge in [0, 0.05) is 23.2 Å². The number of halogens is 1. The fourth-order valence-corrected chi connectivity index (χ4v) is 3.06. The quantitative estimate of drug-likeness (QED) is 0.796. The van der Waals surface area contributed by atoms with E-state index in [9.17, 15) is 9.36 Å². The van der Waals surface area contributed by atoms with Crippen LogP contribution in [0.2, 0.25) is 0 Å². The first-order valence-electron chi connectivity index (χ1n) is 5.92. The highest BCUT2D eigenvalue weighted by Crippen LogP contribution is 2.49. The average molecular weight is 314 g/mol. The molecule has 0 saturated carbocycles. The van der Waals surface area contributed by atoms with Gasteiger partial charge < -0.3 is 9.63 Å². The second kappa shape index (κ2) is 6.27. The van der Waals surface area contributed by atoms with Crippen LogP contribution in [-0.2, 0) is 9.36 Å². The molecular formula is C13H13ClNO4P. The summed E-state index contributed by atoms with van der Waals surface area (Å²) in [5.41, 5.74) is 0. The summed E-state index contributed by atoms with van der Waals surface area (Å²) in [6, 6.07) is 12.8. The van der Waals surface area contributed by atoms with Crippen LogP contribution in [0.1, 0.15) is 6.42 Å². The summed E-state index contributed by atoms with van der Waals surface area (Å²) in [5, 5.41) is 12.7. The van der Waals surface area contributed by atoms with Gasteiger partial charge in [-0.25, -0.2) is 9.65 Å². The maximum absolute atomic E-state index is 12.0. The predicted molar refractivity (Wildman–Crippen MR) is 78.3 cm³/mol. The molecule has 0 heterocycles. The molecule has 1 unspecified atom stereocenters. The van der Waals surface area contributed by atoms with E-state index < -0.39 is 12.8 Å². The molecule has 0 aliphatic heterocycles. The van der Waals surface area contributed by atoms with Gasteiger partial charge >= 0.3 is 12.8 Å². The van der Waals surface area contributed by atoms with E-state index in [0.29, 0.717) is 5.75 Å². The molecule has 0 aromatic heterocycles. The molecule has 0 radical (unpaired) electrons. The van der Waals surface area contributed by atoms with Crippen LogP contribution in [0.4, 0.5) is 0 Å². The van der Waals surface area contributed by atoms with Gasteiger partial charge in [-0.05, 0) is 11.5 Å². The van der Waals surface area contributed by atoms with Gasteiger partial charge in [-0.3, -0.25) is 4.79 Å². The SMILES string of the molecule is O=C(O)CCNP(=O)(Cl)Oc1cccc2ccccc12. The van der Waals surface area contributed by atoms with Gasteiger partial charge in [0.1, 0.15) is 5.75 Å². The lowest BCUT2D eigenvalue weighted by Crippen LogP contribution is -2.15. The zero-order valence-electron chi connectivity index (χ0n) is 10.5. The molecule has 0 amide bonds. The van der Waals surface area contributed by atoms with Gasteiger partial charge in [0.2, 0.25) is 0 Å². The van der Waals surface area contributed by atoms with Crippen molar-refractivity contribution in [2.75, 3.05) is 6.54 Å². The zero-order chi connectivity index (χ0) is 14.6. The average Bonchev–Trinajstić information content (AvgIpc) is 2.38. The lowest BCUT2D eigenvalue weighted by Gasteiger charge is -2.15. The van der Waals surface area contributed by atoms with Gasteiger partial charge in [-0.2, -0.15) is 0 Å². The van der Waals surface area contributed by atoms with Crippen LogP contribution in [0, 0.1) is 0 Å². The minimum absolute atomic E-state index is 0.0269. The number of carboxylic acids is 1. The van der Waals surface area contributed by atoms with Crippen LogP contribution in [0.25, 0.3) is 10.8 Å². The van der Waals surface area contributed by atoms with E-state index in [2.05, 4.69) is 5.09 Å². The van der Waals surface area contributed by atoms with Gasteiger partial charge in [0.15, 0.2) is 0 Å². The molecule has 0 fully saturated rings. The number of carbonyl (C=O) groups is 1. The van der Waals surface area contributed by atoms with Crippen molar-refractivity contribution in [3.05, 3.63) is 42.5 Å². The number of hydrogen-bond acceptors (Lipinski definition) is 3. The summed E-state index contributed by atoms with van der Waals surface area (Å²) >= 11 is 5.78. The smallest absolute Gasteiger partial charge is 0.409 e. The van der Waals surface area contributed by atoms with E-state index in [1.807, 2.05) is 30.3 Å². The third-order valence-corrected chi connectivity index (χ3v) is 4.20. The van der Waals surface area contributed by atoms with E-state index in [1.165, 1.54) is 0 Å². The first-order valence-corrected chi connectivity index (χ1v) is 8.45. The van der Waals surface area contributed by atoms with Crippen LogP contribution in [-0.4, -0.2) is 17.6 Å². The van der Waals surface area contributed by atoms with Gasteiger partial charge in [0.25, 0.3) is 0 Å². The minimum atomic E-state index is -3.62. The van der Waals surface area contributed by atoms with Gasteiger partial charge in [0.05, 0.1) is 6.42 Å². The Bertz CT molecular complexity index is 671. The molecule has 20 heavy (non-hydrogen) atoms. The Balaban J connectivity index is 2.15. The highest BCUT2D eigenvalue weighted by Gasteiger charge is 2.21. The molecule has 106 valence electrons. The van der Waals surface area contributed by atoms with Crippen molar-refractivity contribution < 1.29 is 19.0 Å². The molecule has 5 nitrogen and oxygen atoms in total. The van der Waals surface area contributed by atoms with E-state index in [1.54, 1.807) is 12.1 Å². The lowest BCUT2D eigenvalue weighted by molar-refractivity contribution is -0.136. The third kappa shape index (κ3) is 3.97. The lowest BCUT2D eigenvalue weighted by atomic mass is 10.1. The van der Waals surface area contributed by atoms with Crippen molar-refractivity contribution in [2.24, 2.45) is 0 Å². The number of rotatable bonds is 6. The first-order chi connectivity index (χ1) is 9.48. The second-order valence-corrected chi connectivity index (χ2v) is 6.89. The topological polar surface area (TPSA) is 75.6 Å². The standard InChI is InChI=1S/C13H13ClNO4P/c14-20(18,15-9-8-13(16)17)19-12-7-3-5-10-4-1-2-6-11(10)12/h1-7H,8-9H2,(H,15,18)(H,16,17). The molecule has 0 aliphatic carbocycles. The molecule has 2 N–H and O–H groups in total. The molecular weight excluding hydrogens is 301 g/mol. The monoisotopic (exact) mass is 313 g/mol. The molecule has 7 heteroatoms. The fourth-order valence-electron chi connectivity index (χ4n) is 1.73. The summed E-state index contributed by atoms with van der Waals surface area (Å²) in [6.45, 7) is -3.64. The molecule has 1 atom stereocenters. The number of fused-ring (bicyclic) bond motifs is 1. The van der Waals surface area contributed by atoms with Crippen molar-refractivity contribution in [3.8, 4) is 5.75 Å².